The predicted molar refractivity (Wildman–Crippen MR) is 203 cm³/mol. The summed E-state index contributed by atoms with van der Waals surface area (Å²) < 4.78 is 5.01. The van der Waals surface area contributed by atoms with Crippen molar-refractivity contribution in [3.8, 4) is 0 Å². The van der Waals surface area contributed by atoms with E-state index >= 15 is 0 Å². The van der Waals surface area contributed by atoms with E-state index < -0.39 is 34.7 Å². The number of likely N-dealkylation sites (tertiary alicyclic amines) is 1. The van der Waals surface area contributed by atoms with Crippen LogP contribution in [-0.4, -0.2) is 74.0 Å². The van der Waals surface area contributed by atoms with Crippen LogP contribution in [0.2, 0.25) is 0 Å². The maximum Gasteiger partial charge on any atom is 0.408 e. The van der Waals surface area contributed by atoms with E-state index in [2.05, 4.69) is 40.8 Å². The zero-order chi connectivity index (χ0) is 38.4. The van der Waals surface area contributed by atoms with E-state index in [1.165, 1.54) is 11.6 Å². The van der Waals surface area contributed by atoms with Crippen molar-refractivity contribution >= 4 is 35.3 Å². The number of hydrogen-bond acceptors (Lipinski definition) is 7. The third-order valence-corrected chi connectivity index (χ3v) is 9.67. The Hall–Kier alpha value is -5.06. The number of benzene rings is 3. The van der Waals surface area contributed by atoms with E-state index in [4.69, 9.17) is 14.8 Å². The average Bonchev–Trinajstić information content (AvgIpc) is 3.98. The summed E-state index contributed by atoms with van der Waals surface area (Å²) in [5.41, 5.74) is 0.504. The standard InChI is InChI=1S/C31H31N3O3.C11H17NO4.Ni/c1-2-24-20-31(24,30(36)37)33-28(23-14-7-4-8-15-23)25-16-9-10-17-26(25)32-29(35)27-18-11-19-34(27)21-22-12-5-3-6-13-22;1-5-7-6-11(7,8(13)14)12-9(15)16-10(2,3)4;/h2-10,12-17,24,27H,1,11,18-21H2,(H2,32,33,35,36,37);5,7H,1,6H2,2-4H3,(H,12,15)(H,13,14);/p-1/t24-,27?,31-;;/m1../s1. The van der Waals surface area contributed by atoms with Gasteiger partial charge >= 0.3 is 18.0 Å². The number of carboxylic acids is 2. The fraction of sp³-hybridized carbons (Fsp3) is 0.357. The molecule has 1 heterocycles. The molecule has 3 N–H and O–H groups in total. The first-order chi connectivity index (χ1) is 25.2. The summed E-state index contributed by atoms with van der Waals surface area (Å²) in [6.45, 7) is 14.0. The summed E-state index contributed by atoms with van der Waals surface area (Å²) in [4.78, 5) is 55.2. The molecular weight excluding hydrogens is 731 g/mol. The van der Waals surface area contributed by atoms with Gasteiger partial charge in [-0.05, 0) is 64.1 Å². The van der Waals surface area contributed by atoms with Gasteiger partial charge in [-0.3, -0.25) is 9.89 Å². The van der Waals surface area contributed by atoms with E-state index in [9.17, 15) is 24.3 Å². The Labute approximate surface area is 326 Å². The third kappa shape index (κ3) is 9.72. The molecule has 6 rings (SSSR count). The number of aliphatic carboxylic acids is 2. The molecule has 12 heteroatoms. The van der Waals surface area contributed by atoms with Gasteiger partial charge in [-0.15, -0.1) is 18.8 Å². The molecule has 0 spiro atoms. The van der Waals surface area contributed by atoms with Crippen LogP contribution in [0.4, 0.5) is 10.5 Å². The van der Waals surface area contributed by atoms with Crippen molar-refractivity contribution in [2.24, 2.45) is 16.8 Å². The van der Waals surface area contributed by atoms with Crippen LogP contribution >= 0.6 is 0 Å². The number of para-hydroxylation sites is 1. The largest absolute Gasteiger partial charge is 0.625 e. The second-order valence-electron chi connectivity index (χ2n) is 14.6. The van der Waals surface area contributed by atoms with Crippen LogP contribution in [0, 0.1) is 11.8 Å². The summed E-state index contributed by atoms with van der Waals surface area (Å²) >= 11 is 0. The minimum Gasteiger partial charge on any atom is -0.625 e. The maximum atomic E-state index is 13.5. The number of amides is 2. The van der Waals surface area contributed by atoms with Crippen LogP contribution in [0.15, 0.2) is 115 Å². The number of hydrogen-bond donors (Lipinski definition) is 3. The zero-order valence-corrected chi connectivity index (χ0v) is 31.7. The summed E-state index contributed by atoms with van der Waals surface area (Å²) in [5, 5.41) is 26.0. The Kier molecular flexibility index (Phi) is 13.4. The minimum atomic E-state index is -1.25. The zero-order valence-electron chi connectivity index (χ0n) is 30.7. The minimum absolute atomic E-state index is 0. The van der Waals surface area contributed by atoms with E-state index in [0.717, 1.165) is 24.9 Å². The molecule has 0 bridgehead atoms. The second kappa shape index (κ2) is 17.4. The van der Waals surface area contributed by atoms with Crippen LogP contribution in [0.25, 0.3) is 5.32 Å². The van der Waals surface area contributed by atoms with E-state index in [1.54, 1.807) is 32.9 Å². The molecule has 2 aliphatic carbocycles. The summed E-state index contributed by atoms with van der Waals surface area (Å²) in [5.74, 6) is -2.67. The van der Waals surface area contributed by atoms with Gasteiger partial charge in [0, 0.05) is 40.4 Å². The first kappa shape index (κ1) is 41.7. The monoisotopic (exact) mass is 777 g/mol. The quantitative estimate of drug-likeness (QED) is 0.0983. The fourth-order valence-electron chi connectivity index (χ4n) is 6.63. The van der Waals surface area contributed by atoms with E-state index in [1.807, 2.05) is 66.7 Å². The first-order valence-electron chi connectivity index (χ1n) is 17.7. The molecule has 3 unspecified atom stereocenters. The Morgan fingerprint density at radius 2 is 1.52 bits per heavy atom. The van der Waals surface area contributed by atoms with Gasteiger partial charge < -0.3 is 30.4 Å². The van der Waals surface area contributed by atoms with Crippen LogP contribution in [0.3, 0.4) is 0 Å². The van der Waals surface area contributed by atoms with Gasteiger partial charge in [-0.1, -0.05) is 97.1 Å². The average molecular weight is 779 g/mol. The SMILES string of the molecule is C=CC1CC1(NC(=O)OC(C)(C)C)C(=O)O.C=C[C@@H]1C[C@]1(N=C(c1ccccc1)c1ccccc1[N-]C(=O)C1CCCN1Cc1ccccc1)C(=O)O.[Ni]. The van der Waals surface area contributed by atoms with Crippen molar-refractivity contribution in [3.05, 3.63) is 132 Å². The van der Waals surface area contributed by atoms with E-state index in [-0.39, 0.29) is 40.3 Å². The normalized spacial score (nSPS) is 24.4. The molecule has 3 fully saturated rings. The van der Waals surface area contributed by atoms with Gasteiger partial charge in [-0.2, -0.15) is 0 Å². The Morgan fingerprint density at radius 1 is 0.907 bits per heavy atom. The van der Waals surface area contributed by atoms with Crippen LogP contribution in [0.5, 0.6) is 0 Å². The van der Waals surface area contributed by atoms with Crippen LogP contribution in [-0.2, 0) is 42.2 Å². The van der Waals surface area contributed by atoms with Crippen molar-refractivity contribution in [2.45, 2.75) is 75.7 Å². The molecule has 3 aromatic rings. The van der Waals surface area contributed by atoms with E-state index in [0.29, 0.717) is 36.3 Å². The first-order valence-corrected chi connectivity index (χ1v) is 17.7. The van der Waals surface area contributed by atoms with Gasteiger partial charge in [0.25, 0.3) is 0 Å². The van der Waals surface area contributed by atoms with Gasteiger partial charge in [0.15, 0.2) is 5.54 Å². The Bertz CT molecular complexity index is 1880. The molecule has 2 saturated carbocycles. The van der Waals surface area contributed by atoms with Gasteiger partial charge in [-0.25, -0.2) is 14.4 Å². The molecule has 2 amide bonds. The predicted octanol–water partition coefficient (Wildman–Crippen LogP) is 7.29. The number of carboxylic acid groups (broad SMARTS) is 2. The smallest absolute Gasteiger partial charge is 0.408 e. The third-order valence-electron chi connectivity index (χ3n) is 9.67. The number of ether oxygens (including phenoxy) is 1. The molecule has 3 aromatic carbocycles. The molecule has 5 atom stereocenters. The van der Waals surface area contributed by atoms with Crippen molar-refractivity contribution in [1.29, 1.82) is 0 Å². The molecular formula is C42H47N4NiO7-. The van der Waals surface area contributed by atoms with Gasteiger partial charge in [0.05, 0.1) is 17.7 Å². The number of nitrogens with zero attached hydrogens (tertiary/aromatic N) is 3. The number of aliphatic imine (C=N–C) groups is 1. The number of carbonyl (C=O) groups is 4. The second-order valence-corrected chi connectivity index (χ2v) is 14.6. The maximum absolute atomic E-state index is 13.5. The van der Waals surface area contributed by atoms with Crippen molar-refractivity contribution in [2.75, 3.05) is 6.54 Å². The molecule has 1 saturated heterocycles. The van der Waals surface area contributed by atoms with Gasteiger partial charge in [0.1, 0.15) is 11.1 Å². The fourth-order valence-corrected chi connectivity index (χ4v) is 6.63. The molecule has 0 radical (unpaired) electrons. The topological polar surface area (TPSA) is 160 Å². The molecule has 1 aliphatic heterocycles. The summed E-state index contributed by atoms with van der Waals surface area (Å²) in [7, 11) is 0. The Morgan fingerprint density at radius 3 is 2.07 bits per heavy atom. The molecule has 11 nitrogen and oxygen atoms in total. The molecule has 0 aromatic heterocycles. The van der Waals surface area contributed by atoms with Gasteiger partial charge in [0.2, 0.25) is 0 Å². The summed E-state index contributed by atoms with van der Waals surface area (Å²) in [6, 6.07) is 26.7. The van der Waals surface area contributed by atoms with Crippen LogP contribution < -0.4 is 5.32 Å². The Balaban J connectivity index is 0.000000323. The molecule has 54 heavy (non-hydrogen) atoms. The number of rotatable bonds is 12. The number of carbonyl (C=O) groups excluding carboxylic acids is 2. The number of nitrogens with one attached hydrogen (secondary N) is 1. The number of alkyl carbamates (subject to hydrolysis) is 1. The molecule has 3 aliphatic rings. The van der Waals surface area contributed by atoms with Crippen molar-refractivity contribution in [1.82, 2.24) is 10.2 Å². The molecule has 288 valence electrons. The van der Waals surface area contributed by atoms with Crippen molar-refractivity contribution in [3.63, 3.8) is 0 Å². The summed E-state index contributed by atoms with van der Waals surface area (Å²) in [6.07, 6.45) is 4.95. The van der Waals surface area contributed by atoms with Crippen LogP contribution in [0.1, 0.15) is 63.1 Å². The van der Waals surface area contributed by atoms with Crippen molar-refractivity contribution < 1.29 is 50.6 Å².